The summed E-state index contributed by atoms with van der Waals surface area (Å²) < 4.78 is 41.1. The van der Waals surface area contributed by atoms with Crippen molar-refractivity contribution < 1.29 is 17.7 Å². The highest BCUT2D eigenvalue weighted by atomic mass is 35.5. The third kappa shape index (κ3) is 4.52. The van der Waals surface area contributed by atoms with Gasteiger partial charge in [0.15, 0.2) is 0 Å². The molecule has 1 heterocycles. The van der Waals surface area contributed by atoms with Gasteiger partial charge in [-0.25, -0.2) is 12.8 Å². The Bertz CT molecular complexity index is 1010. The summed E-state index contributed by atoms with van der Waals surface area (Å²) >= 11 is 6.05. The minimum absolute atomic E-state index is 0.00936. The SMILES string of the molecule is CN(Cc1c(F)cccc1Cl)c1ccc(S(=O)(=O)N2CCCCC2)cc1[N+](=O)[O-]. The zero-order valence-electron chi connectivity index (χ0n) is 15.8. The van der Waals surface area contributed by atoms with E-state index in [1.165, 1.54) is 39.5 Å². The van der Waals surface area contributed by atoms with Crippen LogP contribution in [0.1, 0.15) is 24.8 Å². The fourth-order valence-corrected chi connectivity index (χ4v) is 5.15. The van der Waals surface area contributed by atoms with Gasteiger partial charge in [-0.1, -0.05) is 24.1 Å². The van der Waals surface area contributed by atoms with Gasteiger partial charge in [-0.3, -0.25) is 10.1 Å². The van der Waals surface area contributed by atoms with E-state index in [-0.39, 0.29) is 33.4 Å². The van der Waals surface area contributed by atoms with E-state index in [4.69, 9.17) is 11.6 Å². The zero-order chi connectivity index (χ0) is 21.2. The summed E-state index contributed by atoms with van der Waals surface area (Å²) in [7, 11) is -2.24. The number of benzene rings is 2. The van der Waals surface area contributed by atoms with Gasteiger partial charge in [0.05, 0.1) is 9.82 Å². The smallest absolute Gasteiger partial charge is 0.293 e. The first-order chi connectivity index (χ1) is 13.7. The number of rotatable bonds is 6. The van der Waals surface area contributed by atoms with Crippen LogP contribution in [0, 0.1) is 15.9 Å². The molecule has 7 nitrogen and oxygen atoms in total. The Hall–Kier alpha value is -2.23. The molecule has 2 aromatic carbocycles. The monoisotopic (exact) mass is 441 g/mol. The van der Waals surface area contributed by atoms with E-state index in [1.54, 1.807) is 7.05 Å². The summed E-state index contributed by atoms with van der Waals surface area (Å²) in [5, 5.41) is 11.9. The third-order valence-electron chi connectivity index (χ3n) is 4.96. The van der Waals surface area contributed by atoms with Crippen LogP contribution in [-0.4, -0.2) is 37.8 Å². The molecule has 0 aromatic heterocycles. The highest BCUT2D eigenvalue weighted by molar-refractivity contribution is 7.89. The van der Waals surface area contributed by atoms with Gasteiger partial charge in [-0.2, -0.15) is 4.31 Å². The predicted molar refractivity (Wildman–Crippen MR) is 109 cm³/mol. The molecule has 1 saturated heterocycles. The molecule has 1 aliphatic rings. The second kappa shape index (κ2) is 8.64. The summed E-state index contributed by atoms with van der Waals surface area (Å²) in [6.07, 6.45) is 2.51. The van der Waals surface area contributed by atoms with Crippen LogP contribution in [0.4, 0.5) is 15.8 Å². The first kappa shape index (κ1) is 21.5. The average Bonchev–Trinajstić information content (AvgIpc) is 2.70. The van der Waals surface area contributed by atoms with Crippen LogP contribution in [0.25, 0.3) is 0 Å². The van der Waals surface area contributed by atoms with Crippen LogP contribution in [-0.2, 0) is 16.6 Å². The molecule has 3 rings (SSSR count). The molecule has 10 heteroatoms. The Kier molecular flexibility index (Phi) is 6.40. The van der Waals surface area contributed by atoms with E-state index >= 15 is 0 Å². The molecule has 29 heavy (non-hydrogen) atoms. The lowest BCUT2D eigenvalue weighted by Gasteiger charge is -2.26. The molecule has 0 aliphatic carbocycles. The number of sulfonamides is 1. The van der Waals surface area contributed by atoms with Gasteiger partial charge in [0, 0.05) is 43.3 Å². The van der Waals surface area contributed by atoms with Crippen LogP contribution in [0.15, 0.2) is 41.3 Å². The lowest BCUT2D eigenvalue weighted by Crippen LogP contribution is -2.35. The van der Waals surface area contributed by atoms with Crippen molar-refractivity contribution in [1.29, 1.82) is 0 Å². The molecule has 0 bridgehead atoms. The summed E-state index contributed by atoms with van der Waals surface area (Å²) in [5.41, 5.74) is 0.0148. The van der Waals surface area contributed by atoms with E-state index in [9.17, 15) is 22.9 Å². The van der Waals surface area contributed by atoms with Crippen molar-refractivity contribution in [1.82, 2.24) is 4.31 Å². The number of nitrogens with zero attached hydrogens (tertiary/aromatic N) is 3. The number of nitro benzene ring substituents is 1. The molecule has 0 radical (unpaired) electrons. The minimum atomic E-state index is -3.80. The Morgan fingerprint density at radius 1 is 1.21 bits per heavy atom. The van der Waals surface area contributed by atoms with Gasteiger partial charge in [0.1, 0.15) is 11.5 Å². The fraction of sp³-hybridized carbons (Fsp3) is 0.368. The van der Waals surface area contributed by atoms with Crippen LogP contribution >= 0.6 is 11.6 Å². The van der Waals surface area contributed by atoms with Crippen molar-refractivity contribution in [3.8, 4) is 0 Å². The summed E-state index contributed by atoms with van der Waals surface area (Å²) in [6, 6.07) is 8.08. The van der Waals surface area contributed by atoms with Crippen LogP contribution in [0.2, 0.25) is 5.02 Å². The normalized spacial score (nSPS) is 15.3. The molecular formula is C19H21ClFN3O4S. The predicted octanol–water partition coefficient (Wildman–Crippen LogP) is 4.20. The van der Waals surface area contributed by atoms with Crippen LogP contribution in [0.3, 0.4) is 0 Å². The number of anilines is 1. The Balaban J connectivity index is 1.95. The Labute approximate surface area is 173 Å². The number of piperidine rings is 1. The minimum Gasteiger partial charge on any atom is -0.365 e. The highest BCUT2D eigenvalue weighted by Crippen LogP contribution is 2.33. The number of hydrogen-bond donors (Lipinski definition) is 0. The Morgan fingerprint density at radius 3 is 2.52 bits per heavy atom. The van der Waals surface area contributed by atoms with Crippen molar-refractivity contribution >= 4 is 33.0 Å². The van der Waals surface area contributed by atoms with Crippen molar-refractivity contribution in [2.45, 2.75) is 30.7 Å². The summed E-state index contributed by atoms with van der Waals surface area (Å²) in [6.45, 7) is 0.803. The van der Waals surface area contributed by atoms with Crippen LogP contribution in [0.5, 0.6) is 0 Å². The first-order valence-corrected chi connectivity index (χ1v) is 11.0. The van der Waals surface area contributed by atoms with Gasteiger partial charge in [-0.15, -0.1) is 0 Å². The molecule has 1 aliphatic heterocycles. The highest BCUT2D eigenvalue weighted by Gasteiger charge is 2.29. The maximum absolute atomic E-state index is 14.1. The molecular weight excluding hydrogens is 421 g/mol. The molecule has 0 spiro atoms. The lowest BCUT2D eigenvalue weighted by molar-refractivity contribution is -0.384. The molecule has 0 N–H and O–H groups in total. The van der Waals surface area contributed by atoms with Crippen molar-refractivity contribution in [2.75, 3.05) is 25.0 Å². The van der Waals surface area contributed by atoms with E-state index in [2.05, 4.69) is 0 Å². The number of nitro groups is 1. The molecule has 0 amide bonds. The van der Waals surface area contributed by atoms with Gasteiger partial charge >= 0.3 is 0 Å². The van der Waals surface area contributed by atoms with Gasteiger partial charge in [-0.05, 0) is 37.1 Å². The van der Waals surface area contributed by atoms with Gasteiger partial charge in [0.2, 0.25) is 10.0 Å². The standard InChI is InChI=1S/C19H21ClFN3O4S/c1-22(13-15-16(20)6-5-7-17(15)21)18-9-8-14(12-19(18)24(25)26)29(27,28)23-10-3-2-4-11-23/h5-9,12H,2-4,10-11,13H2,1H3. The first-order valence-electron chi connectivity index (χ1n) is 9.14. The number of halogens is 2. The fourth-order valence-electron chi connectivity index (χ4n) is 3.39. The van der Waals surface area contributed by atoms with Gasteiger partial charge < -0.3 is 4.90 Å². The molecule has 0 saturated carbocycles. The van der Waals surface area contributed by atoms with E-state index < -0.39 is 20.8 Å². The lowest BCUT2D eigenvalue weighted by atomic mass is 10.1. The van der Waals surface area contributed by atoms with E-state index in [0.29, 0.717) is 13.1 Å². The third-order valence-corrected chi connectivity index (χ3v) is 7.21. The quantitative estimate of drug-likeness (QED) is 0.495. The maximum atomic E-state index is 14.1. The number of hydrogen-bond acceptors (Lipinski definition) is 5. The largest absolute Gasteiger partial charge is 0.365 e. The van der Waals surface area contributed by atoms with Gasteiger partial charge in [0.25, 0.3) is 5.69 Å². The zero-order valence-corrected chi connectivity index (χ0v) is 17.4. The molecule has 2 aromatic rings. The molecule has 0 unspecified atom stereocenters. The van der Waals surface area contributed by atoms with Crippen LogP contribution < -0.4 is 4.90 Å². The van der Waals surface area contributed by atoms with E-state index in [1.807, 2.05) is 0 Å². The molecule has 156 valence electrons. The second-order valence-electron chi connectivity index (χ2n) is 6.93. The second-order valence-corrected chi connectivity index (χ2v) is 9.27. The summed E-state index contributed by atoms with van der Waals surface area (Å²) in [5.74, 6) is -0.517. The maximum Gasteiger partial charge on any atom is 0.293 e. The summed E-state index contributed by atoms with van der Waals surface area (Å²) in [4.78, 5) is 12.4. The molecule has 1 fully saturated rings. The topological polar surface area (TPSA) is 83.8 Å². The average molecular weight is 442 g/mol. The van der Waals surface area contributed by atoms with Crippen molar-refractivity contribution in [3.05, 3.63) is 62.9 Å². The van der Waals surface area contributed by atoms with Crippen molar-refractivity contribution in [2.24, 2.45) is 0 Å². The van der Waals surface area contributed by atoms with E-state index in [0.717, 1.165) is 25.3 Å². The van der Waals surface area contributed by atoms with Crippen molar-refractivity contribution in [3.63, 3.8) is 0 Å². The Morgan fingerprint density at radius 2 is 1.90 bits per heavy atom. The molecule has 0 atom stereocenters.